The first-order valence-electron chi connectivity index (χ1n) is 7.13. The van der Waals surface area contributed by atoms with Crippen LogP contribution < -0.4 is 10.4 Å². The number of rotatable bonds is 5. The third-order valence-corrected chi connectivity index (χ3v) is 3.36. The van der Waals surface area contributed by atoms with E-state index in [-0.39, 0.29) is 5.91 Å². The van der Waals surface area contributed by atoms with Gasteiger partial charge in [0.25, 0.3) is 5.91 Å². The molecule has 5 heteroatoms. The first-order chi connectivity index (χ1) is 11.3. The quantitative estimate of drug-likeness (QED) is 0.561. The molecule has 0 aliphatic heterocycles. The number of nitrogens with one attached hydrogen (secondary N) is 2. The number of nitrogens with zero attached hydrogens (tertiary/aromatic N) is 1. The van der Waals surface area contributed by atoms with E-state index in [4.69, 9.17) is 0 Å². The zero-order valence-corrected chi connectivity index (χ0v) is 12.3. The number of carbonyl (C=O) groups excluding carboxylic acids is 2. The van der Waals surface area contributed by atoms with E-state index in [0.717, 1.165) is 17.7 Å². The number of hydrazine groups is 1. The summed E-state index contributed by atoms with van der Waals surface area (Å²) in [5, 5.41) is 1.68. The second-order valence-corrected chi connectivity index (χ2v) is 4.91. The second-order valence-electron chi connectivity index (χ2n) is 4.91. The Hall–Kier alpha value is -3.34. The molecule has 0 aliphatic carbocycles. The number of amides is 1. The van der Waals surface area contributed by atoms with E-state index < -0.39 is 0 Å². The molecule has 0 bridgehead atoms. The minimum Gasteiger partial charge on any atom is -0.357 e. The minimum absolute atomic E-state index is 0.252. The lowest BCUT2D eigenvalue weighted by Crippen LogP contribution is -2.39. The van der Waals surface area contributed by atoms with Gasteiger partial charge < -0.3 is 4.98 Å². The number of aromatic amines is 1. The lowest BCUT2D eigenvalue weighted by molar-refractivity contribution is 0.0949. The Morgan fingerprint density at radius 3 is 2.22 bits per heavy atom. The Morgan fingerprint density at radius 1 is 0.913 bits per heavy atom. The molecular formula is C18H15N3O2. The van der Waals surface area contributed by atoms with Gasteiger partial charge in [-0.05, 0) is 48.5 Å². The van der Waals surface area contributed by atoms with Gasteiger partial charge in [0.2, 0.25) is 0 Å². The number of para-hydroxylation sites is 1. The third kappa shape index (κ3) is 3.29. The van der Waals surface area contributed by atoms with Crippen LogP contribution in [0.25, 0.3) is 0 Å². The van der Waals surface area contributed by atoms with Crippen molar-refractivity contribution in [1.82, 2.24) is 10.4 Å². The van der Waals surface area contributed by atoms with Crippen molar-refractivity contribution in [3.05, 3.63) is 84.2 Å². The van der Waals surface area contributed by atoms with Crippen LogP contribution in [0.3, 0.4) is 0 Å². The van der Waals surface area contributed by atoms with Crippen molar-refractivity contribution < 1.29 is 9.59 Å². The standard InChI is InChI=1S/C18H15N3O2/c22-13-14-8-10-16(11-9-14)21(15-5-2-1-3-6-15)20-18(23)17-7-4-12-19-17/h1-13,19H,(H,20,23). The van der Waals surface area contributed by atoms with Gasteiger partial charge in [-0.2, -0.15) is 0 Å². The molecule has 3 aromatic rings. The maximum atomic E-state index is 12.3. The fourth-order valence-corrected chi connectivity index (χ4v) is 2.19. The lowest BCUT2D eigenvalue weighted by Gasteiger charge is -2.25. The molecule has 23 heavy (non-hydrogen) atoms. The topological polar surface area (TPSA) is 65.2 Å². The van der Waals surface area contributed by atoms with Crippen LogP contribution in [0, 0.1) is 0 Å². The summed E-state index contributed by atoms with van der Waals surface area (Å²) >= 11 is 0. The van der Waals surface area contributed by atoms with Gasteiger partial charge >= 0.3 is 0 Å². The number of aromatic nitrogens is 1. The van der Waals surface area contributed by atoms with Gasteiger partial charge in [0.05, 0.1) is 11.4 Å². The fourth-order valence-electron chi connectivity index (χ4n) is 2.19. The van der Waals surface area contributed by atoms with Crippen molar-refractivity contribution in [3.63, 3.8) is 0 Å². The number of anilines is 2. The van der Waals surface area contributed by atoms with Crippen molar-refractivity contribution >= 4 is 23.6 Å². The Morgan fingerprint density at radius 2 is 1.61 bits per heavy atom. The average Bonchev–Trinajstić information content (AvgIpc) is 3.15. The molecule has 2 aromatic carbocycles. The summed E-state index contributed by atoms with van der Waals surface area (Å²) in [4.78, 5) is 26.0. The van der Waals surface area contributed by atoms with Crippen molar-refractivity contribution in [3.8, 4) is 0 Å². The van der Waals surface area contributed by atoms with Crippen LogP contribution in [-0.4, -0.2) is 17.2 Å². The predicted octanol–water partition coefficient (Wildman–Crippen LogP) is 3.31. The predicted molar refractivity (Wildman–Crippen MR) is 88.7 cm³/mol. The molecule has 0 atom stereocenters. The van der Waals surface area contributed by atoms with E-state index >= 15 is 0 Å². The monoisotopic (exact) mass is 305 g/mol. The Kier molecular flexibility index (Phi) is 4.20. The molecule has 3 rings (SSSR count). The molecule has 0 aliphatic rings. The van der Waals surface area contributed by atoms with Gasteiger partial charge in [0.15, 0.2) is 0 Å². The molecule has 1 heterocycles. The highest BCUT2D eigenvalue weighted by Gasteiger charge is 2.14. The van der Waals surface area contributed by atoms with Crippen molar-refractivity contribution in [2.45, 2.75) is 0 Å². The van der Waals surface area contributed by atoms with Crippen molar-refractivity contribution in [2.24, 2.45) is 0 Å². The summed E-state index contributed by atoms with van der Waals surface area (Å²) in [6, 6.07) is 19.9. The normalized spacial score (nSPS) is 10.1. The lowest BCUT2D eigenvalue weighted by atomic mass is 10.2. The van der Waals surface area contributed by atoms with Gasteiger partial charge in [-0.1, -0.05) is 18.2 Å². The van der Waals surface area contributed by atoms with Crippen molar-refractivity contribution in [2.75, 3.05) is 5.01 Å². The molecule has 2 N–H and O–H groups in total. The Labute approximate surface area is 133 Å². The number of benzene rings is 2. The molecular weight excluding hydrogens is 290 g/mol. The number of hydrogen-bond donors (Lipinski definition) is 2. The molecule has 0 spiro atoms. The summed E-state index contributed by atoms with van der Waals surface area (Å²) < 4.78 is 0. The van der Waals surface area contributed by atoms with E-state index in [1.807, 2.05) is 30.3 Å². The van der Waals surface area contributed by atoms with Gasteiger partial charge in [-0.3, -0.25) is 20.0 Å². The SMILES string of the molecule is O=Cc1ccc(N(NC(=O)c2ccc[nH]2)c2ccccc2)cc1. The van der Waals surface area contributed by atoms with Crippen LogP contribution in [0.5, 0.6) is 0 Å². The Balaban J connectivity index is 1.93. The molecule has 1 aromatic heterocycles. The smallest absolute Gasteiger partial charge is 0.286 e. The molecule has 0 unspecified atom stereocenters. The van der Waals surface area contributed by atoms with Crippen LogP contribution in [-0.2, 0) is 0 Å². The summed E-state index contributed by atoms with van der Waals surface area (Å²) in [7, 11) is 0. The maximum absolute atomic E-state index is 12.3. The largest absolute Gasteiger partial charge is 0.357 e. The molecule has 5 nitrogen and oxygen atoms in total. The van der Waals surface area contributed by atoms with Gasteiger partial charge in [-0.25, -0.2) is 0 Å². The molecule has 1 amide bonds. The van der Waals surface area contributed by atoms with E-state index in [9.17, 15) is 9.59 Å². The fraction of sp³-hybridized carbons (Fsp3) is 0. The maximum Gasteiger partial charge on any atom is 0.286 e. The Bertz CT molecular complexity index is 781. The van der Waals surface area contributed by atoms with Gasteiger partial charge in [0.1, 0.15) is 12.0 Å². The van der Waals surface area contributed by atoms with Crippen LogP contribution in [0.1, 0.15) is 20.8 Å². The summed E-state index contributed by atoms with van der Waals surface area (Å²) in [5.41, 5.74) is 5.48. The summed E-state index contributed by atoms with van der Waals surface area (Å²) in [5.74, 6) is -0.252. The molecule has 0 fully saturated rings. The van der Waals surface area contributed by atoms with E-state index in [1.54, 1.807) is 47.6 Å². The highest BCUT2D eigenvalue weighted by atomic mass is 16.2. The molecule has 0 saturated carbocycles. The number of hydrogen-bond acceptors (Lipinski definition) is 3. The first kappa shape index (κ1) is 14.6. The van der Waals surface area contributed by atoms with Crippen LogP contribution in [0.4, 0.5) is 11.4 Å². The van der Waals surface area contributed by atoms with Crippen LogP contribution >= 0.6 is 0 Å². The zero-order valence-electron chi connectivity index (χ0n) is 12.3. The minimum atomic E-state index is -0.252. The molecule has 0 radical (unpaired) electrons. The summed E-state index contributed by atoms with van der Waals surface area (Å²) in [6.07, 6.45) is 2.48. The van der Waals surface area contributed by atoms with Gasteiger partial charge in [-0.15, -0.1) is 0 Å². The highest BCUT2D eigenvalue weighted by molar-refractivity contribution is 5.94. The number of carbonyl (C=O) groups is 2. The third-order valence-electron chi connectivity index (χ3n) is 3.36. The second kappa shape index (κ2) is 6.62. The summed E-state index contributed by atoms with van der Waals surface area (Å²) in [6.45, 7) is 0. The van der Waals surface area contributed by atoms with Gasteiger partial charge in [0, 0.05) is 11.8 Å². The van der Waals surface area contributed by atoms with E-state index in [1.165, 1.54) is 0 Å². The van der Waals surface area contributed by atoms with E-state index in [0.29, 0.717) is 11.3 Å². The number of H-pyrrole nitrogens is 1. The number of aldehydes is 1. The highest BCUT2D eigenvalue weighted by Crippen LogP contribution is 2.23. The molecule has 0 saturated heterocycles. The van der Waals surface area contributed by atoms with Crippen molar-refractivity contribution in [1.29, 1.82) is 0 Å². The zero-order chi connectivity index (χ0) is 16.1. The van der Waals surface area contributed by atoms with E-state index in [2.05, 4.69) is 10.4 Å². The van der Waals surface area contributed by atoms with Crippen LogP contribution in [0.15, 0.2) is 72.9 Å². The van der Waals surface area contributed by atoms with Crippen LogP contribution in [0.2, 0.25) is 0 Å². The average molecular weight is 305 g/mol. The molecule has 114 valence electrons. The first-order valence-corrected chi connectivity index (χ1v) is 7.13.